The van der Waals surface area contributed by atoms with Crippen molar-refractivity contribution in [2.24, 2.45) is 5.92 Å². The quantitative estimate of drug-likeness (QED) is 0.344. The minimum Gasteiger partial charge on any atom is -0.481 e. The summed E-state index contributed by atoms with van der Waals surface area (Å²) >= 11 is 0. The molecule has 1 saturated heterocycles. The van der Waals surface area contributed by atoms with Crippen LogP contribution in [0.5, 0.6) is 0 Å². The molecule has 0 aliphatic carbocycles. The molecule has 5 heteroatoms. The Labute approximate surface area is 180 Å². The highest BCUT2D eigenvalue weighted by Gasteiger charge is 2.28. The zero-order valence-electron chi connectivity index (χ0n) is 18.2. The van der Waals surface area contributed by atoms with E-state index in [4.69, 9.17) is 5.11 Å². The van der Waals surface area contributed by atoms with Crippen molar-refractivity contribution >= 4 is 11.9 Å². The van der Waals surface area contributed by atoms with E-state index in [1.165, 1.54) is 5.56 Å². The van der Waals surface area contributed by atoms with Crippen LogP contribution in [0.15, 0.2) is 42.5 Å². The maximum atomic E-state index is 12.2. The maximum absolute atomic E-state index is 12.2. The fourth-order valence-electron chi connectivity index (χ4n) is 4.03. The largest absolute Gasteiger partial charge is 0.481 e. The van der Waals surface area contributed by atoms with E-state index < -0.39 is 12.1 Å². The fraction of sp³-hybridized carbons (Fsp3) is 0.600. The Bertz CT molecular complexity index is 673. The number of carbonyl (C=O) groups is 2. The molecule has 0 bridgehead atoms. The van der Waals surface area contributed by atoms with Crippen LogP contribution in [0.25, 0.3) is 0 Å². The normalized spacial score (nSPS) is 18.8. The van der Waals surface area contributed by atoms with Crippen molar-refractivity contribution in [1.82, 2.24) is 4.90 Å². The van der Waals surface area contributed by atoms with Crippen LogP contribution in [-0.4, -0.2) is 45.7 Å². The number of amides is 1. The number of nitrogens with zero attached hydrogens (tertiary/aromatic N) is 1. The molecule has 1 fully saturated rings. The van der Waals surface area contributed by atoms with Crippen molar-refractivity contribution in [2.45, 2.75) is 83.3 Å². The lowest BCUT2D eigenvalue weighted by Crippen LogP contribution is -2.33. The van der Waals surface area contributed by atoms with E-state index in [0.717, 1.165) is 44.9 Å². The first-order valence-electron chi connectivity index (χ1n) is 11.4. The van der Waals surface area contributed by atoms with Gasteiger partial charge in [-0.2, -0.15) is 0 Å². The van der Waals surface area contributed by atoms with Crippen molar-refractivity contribution in [3.05, 3.63) is 48.0 Å². The van der Waals surface area contributed by atoms with Crippen LogP contribution in [0.4, 0.5) is 0 Å². The number of hydrogen-bond acceptors (Lipinski definition) is 3. The van der Waals surface area contributed by atoms with E-state index >= 15 is 0 Å². The molecule has 5 nitrogen and oxygen atoms in total. The van der Waals surface area contributed by atoms with Gasteiger partial charge in [0.2, 0.25) is 5.91 Å². The molecule has 0 saturated carbocycles. The highest BCUT2D eigenvalue weighted by atomic mass is 16.4. The molecule has 1 aliphatic rings. The third-order valence-electron chi connectivity index (χ3n) is 6.00. The van der Waals surface area contributed by atoms with Gasteiger partial charge in [0.05, 0.1) is 12.1 Å². The molecule has 1 aliphatic heterocycles. The lowest BCUT2D eigenvalue weighted by Gasteiger charge is -2.23. The van der Waals surface area contributed by atoms with Crippen LogP contribution < -0.4 is 0 Å². The van der Waals surface area contributed by atoms with Gasteiger partial charge in [-0.25, -0.2) is 0 Å². The predicted molar refractivity (Wildman–Crippen MR) is 119 cm³/mol. The molecule has 1 unspecified atom stereocenters. The summed E-state index contributed by atoms with van der Waals surface area (Å²) in [4.78, 5) is 24.7. The van der Waals surface area contributed by atoms with Crippen molar-refractivity contribution in [3.63, 3.8) is 0 Å². The number of rotatable bonds is 14. The highest BCUT2D eigenvalue weighted by molar-refractivity contribution is 5.79. The molecule has 0 spiro atoms. The SMILES string of the molecule is CC(CCCc1ccccc1)[C@@H](O)C=C[C@H]1CCC(=O)N1CCCCCCC(=O)O. The summed E-state index contributed by atoms with van der Waals surface area (Å²) < 4.78 is 0. The number of carboxylic acid groups (broad SMARTS) is 1. The van der Waals surface area contributed by atoms with Crippen molar-refractivity contribution in [1.29, 1.82) is 0 Å². The van der Waals surface area contributed by atoms with Gasteiger partial charge in [0.15, 0.2) is 0 Å². The van der Waals surface area contributed by atoms with Crippen LogP contribution >= 0.6 is 0 Å². The van der Waals surface area contributed by atoms with Gasteiger partial charge < -0.3 is 15.1 Å². The molecule has 0 radical (unpaired) electrons. The van der Waals surface area contributed by atoms with Crippen LogP contribution in [0.1, 0.15) is 70.3 Å². The van der Waals surface area contributed by atoms with Crippen LogP contribution in [0, 0.1) is 5.92 Å². The van der Waals surface area contributed by atoms with Gasteiger partial charge in [-0.15, -0.1) is 0 Å². The van der Waals surface area contributed by atoms with Crippen molar-refractivity contribution in [3.8, 4) is 0 Å². The monoisotopic (exact) mass is 415 g/mol. The Balaban J connectivity index is 1.70. The van der Waals surface area contributed by atoms with Gasteiger partial charge in [-0.1, -0.05) is 62.2 Å². The molecule has 1 aromatic rings. The average molecular weight is 416 g/mol. The summed E-state index contributed by atoms with van der Waals surface area (Å²) in [5, 5.41) is 19.2. The van der Waals surface area contributed by atoms with E-state index in [1.807, 2.05) is 23.1 Å². The maximum Gasteiger partial charge on any atom is 0.303 e. The molecule has 2 N–H and O–H groups in total. The van der Waals surface area contributed by atoms with Crippen molar-refractivity contribution < 1.29 is 19.8 Å². The summed E-state index contributed by atoms with van der Waals surface area (Å²) in [6, 6.07) is 10.5. The third kappa shape index (κ3) is 8.70. The summed E-state index contributed by atoms with van der Waals surface area (Å²) in [5.74, 6) is -0.381. The van der Waals surface area contributed by atoms with Gasteiger partial charge >= 0.3 is 5.97 Å². The molecule has 0 aromatic heterocycles. The van der Waals surface area contributed by atoms with Crippen LogP contribution in [0.2, 0.25) is 0 Å². The number of carbonyl (C=O) groups excluding carboxylic acids is 1. The molecule has 30 heavy (non-hydrogen) atoms. The number of hydrogen-bond donors (Lipinski definition) is 2. The second-order valence-electron chi connectivity index (χ2n) is 8.48. The third-order valence-corrected chi connectivity index (χ3v) is 6.00. The van der Waals surface area contributed by atoms with Crippen LogP contribution in [0.3, 0.4) is 0 Å². The molecule has 3 atom stereocenters. The molecule has 1 heterocycles. The average Bonchev–Trinajstić information content (AvgIpc) is 3.08. The highest BCUT2D eigenvalue weighted by Crippen LogP contribution is 2.22. The predicted octanol–water partition coefficient (Wildman–Crippen LogP) is 4.59. The number of unbranched alkanes of at least 4 members (excludes halogenated alkanes) is 3. The van der Waals surface area contributed by atoms with Gasteiger partial charge in [0.25, 0.3) is 0 Å². The summed E-state index contributed by atoms with van der Waals surface area (Å²) in [5.41, 5.74) is 1.33. The van der Waals surface area contributed by atoms with Gasteiger partial charge in [0.1, 0.15) is 0 Å². The number of aryl methyl sites for hydroxylation is 1. The zero-order valence-corrected chi connectivity index (χ0v) is 18.2. The number of benzene rings is 1. The molecule has 2 rings (SSSR count). The first-order valence-corrected chi connectivity index (χ1v) is 11.4. The van der Waals surface area contributed by atoms with E-state index in [9.17, 15) is 14.7 Å². The first-order chi connectivity index (χ1) is 14.5. The van der Waals surface area contributed by atoms with E-state index in [-0.39, 0.29) is 24.3 Å². The zero-order chi connectivity index (χ0) is 21.8. The van der Waals surface area contributed by atoms with Gasteiger partial charge in [-0.05, 0) is 50.0 Å². The minimum absolute atomic E-state index is 0.0719. The standard InChI is InChI=1S/C25H37NO4/c1-20(10-9-13-21-11-5-4-6-12-21)23(27)17-15-22-16-18-24(28)26(22)19-8-3-2-7-14-25(29)30/h4-6,11-12,15,17,20,22-23,27H,2-3,7-10,13-14,16,18-19H2,1H3,(H,29,30)/t20?,22-,23-/m0/s1. The number of aliphatic carboxylic acids is 1. The molecular formula is C25H37NO4. The minimum atomic E-state index is -0.747. The van der Waals surface area contributed by atoms with Gasteiger partial charge in [0, 0.05) is 19.4 Å². The smallest absolute Gasteiger partial charge is 0.303 e. The second kappa shape index (κ2) is 13.2. The molecular weight excluding hydrogens is 378 g/mol. The number of aliphatic hydroxyl groups is 1. The fourth-order valence-corrected chi connectivity index (χ4v) is 4.03. The Kier molecular flexibility index (Phi) is 10.6. The number of likely N-dealkylation sites (tertiary alicyclic amines) is 1. The lowest BCUT2D eigenvalue weighted by atomic mass is 9.95. The number of carboxylic acids is 1. The topological polar surface area (TPSA) is 77.8 Å². The summed E-state index contributed by atoms with van der Waals surface area (Å²) in [6.07, 6.45) is 11.4. The first kappa shape index (κ1) is 24.1. The Morgan fingerprint density at radius 3 is 2.63 bits per heavy atom. The molecule has 1 aromatic carbocycles. The van der Waals surface area contributed by atoms with Gasteiger partial charge in [-0.3, -0.25) is 9.59 Å². The lowest BCUT2D eigenvalue weighted by molar-refractivity contribution is -0.137. The summed E-state index contributed by atoms with van der Waals surface area (Å²) in [6.45, 7) is 2.79. The Morgan fingerprint density at radius 2 is 1.90 bits per heavy atom. The summed E-state index contributed by atoms with van der Waals surface area (Å²) in [7, 11) is 0. The molecule has 166 valence electrons. The van der Waals surface area contributed by atoms with E-state index in [1.54, 1.807) is 0 Å². The second-order valence-corrected chi connectivity index (χ2v) is 8.48. The molecule has 1 amide bonds. The Morgan fingerprint density at radius 1 is 1.17 bits per heavy atom. The van der Waals surface area contributed by atoms with E-state index in [2.05, 4.69) is 31.2 Å². The van der Waals surface area contributed by atoms with Crippen molar-refractivity contribution in [2.75, 3.05) is 6.54 Å². The number of aliphatic hydroxyl groups excluding tert-OH is 1. The Hall–Kier alpha value is -2.14. The van der Waals surface area contributed by atoms with Crippen LogP contribution in [-0.2, 0) is 16.0 Å². The van der Waals surface area contributed by atoms with E-state index in [0.29, 0.717) is 19.4 Å².